The number of carbonyl (C=O) groups is 3. The number of rotatable bonds is 2. The van der Waals surface area contributed by atoms with Crippen molar-refractivity contribution in [2.75, 3.05) is 31.1 Å². The molecule has 0 aromatic carbocycles. The van der Waals surface area contributed by atoms with Crippen LogP contribution in [0.1, 0.15) is 18.4 Å². The number of piperazine rings is 1. The molecule has 1 aromatic heterocycles. The summed E-state index contributed by atoms with van der Waals surface area (Å²) in [5.41, 5.74) is 0.504. The minimum Gasteiger partial charge on any atom is -0.353 e. The normalized spacial score (nSPS) is 21.0. The molecule has 9 heteroatoms. The number of hydrogen-bond donors (Lipinski definition) is 2. The van der Waals surface area contributed by atoms with Crippen LogP contribution in [0, 0.1) is 11.3 Å². The van der Waals surface area contributed by atoms with E-state index in [0.717, 1.165) is 5.82 Å². The van der Waals surface area contributed by atoms with Crippen LogP contribution in [0.25, 0.3) is 0 Å². The minimum absolute atomic E-state index is 0.143. The zero-order chi connectivity index (χ0) is 17.8. The van der Waals surface area contributed by atoms with Gasteiger partial charge in [0.1, 0.15) is 17.9 Å². The van der Waals surface area contributed by atoms with E-state index >= 15 is 0 Å². The Hall–Kier alpha value is -3.15. The molecule has 0 radical (unpaired) electrons. The smallest absolute Gasteiger partial charge is 0.322 e. The number of aromatic nitrogens is 1. The van der Waals surface area contributed by atoms with Crippen molar-refractivity contribution in [2.45, 2.75) is 18.9 Å². The van der Waals surface area contributed by atoms with Gasteiger partial charge in [0.05, 0.1) is 5.56 Å². The summed E-state index contributed by atoms with van der Waals surface area (Å²) in [5.74, 6) is 0.227. The van der Waals surface area contributed by atoms with Crippen LogP contribution in [0.5, 0.6) is 0 Å². The molecular formula is C16H18N6O3. The summed E-state index contributed by atoms with van der Waals surface area (Å²) in [4.78, 5) is 43.5. The van der Waals surface area contributed by atoms with E-state index in [1.807, 2.05) is 11.0 Å². The van der Waals surface area contributed by atoms with Gasteiger partial charge in [-0.2, -0.15) is 5.26 Å². The van der Waals surface area contributed by atoms with Gasteiger partial charge in [0.25, 0.3) is 0 Å². The zero-order valence-corrected chi connectivity index (χ0v) is 13.6. The molecular weight excluding hydrogens is 324 g/mol. The highest BCUT2D eigenvalue weighted by Gasteiger charge is 2.31. The zero-order valence-electron chi connectivity index (χ0n) is 13.6. The highest BCUT2D eigenvalue weighted by atomic mass is 16.2. The summed E-state index contributed by atoms with van der Waals surface area (Å²) in [7, 11) is 0. The Morgan fingerprint density at radius 2 is 2.00 bits per heavy atom. The highest BCUT2D eigenvalue weighted by molar-refractivity contribution is 5.98. The second-order valence-corrected chi connectivity index (χ2v) is 5.94. The van der Waals surface area contributed by atoms with Gasteiger partial charge in [-0.25, -0.2) is 9.78 Å². The van der Waals surface area contributed by atoms with Gasteiger partial charge >= 0.3 is 6.03 Å². The summed E-state index contributed by atoms with van der Waals surface area (Å²) in [5, 5.41) is 13.5. The van der Waals surface area contributed by atoms with E-state index in [9.17, 15) is 14.4 Å². The number of pyridine rings is 1. The van der Waals surface area contributed by atoms with Crippen molar-refractivity contribution in [2.24, 2.45) is 0 Å². The first kappa shape index (κ1) is 16.7. The fraction of sp³-hybridized carbons (Fsp3) is 0.438. The maximum absolute atomic E-state index is 12.6. The summed E-state index contributed by atoms with van der Waals surface area (Å²) in [6.45, 7) is 2.24. The molecule has 4 amide bonds. The molecule has 2 fully saturated rings. The molecule has 0 saturated carbocycles. The first-order valence-corrected chi connectivity index (χ1v) is 8.07. The predicted molar refractivity (Wildman–Crippen MR) is 87.4 cm³/mol. The van der Waals surface area contributed by atoms with E-state index < -0.39 is 12.1 Å². The van der Waals surface area contributed by atoms with Crippen LogP contribution in [0.3, 0.4) is 0 Å². The number of hydrogen-bond acceptors (Lipinski definition) is 6. The van der Waals surface area contributed by atoms with Crippen molar-refractivity contribution < 1.29 is 14.4 Å². The van der Waals surface area contributed by atoms with Crippen LogP contribution >= 0.6 is 0 Å². The van der Waals surface area contributed by atoms with Crippen LogP contribution < -0.4 is 15.5 Å². The van der Waals surface area contributed by atoms with Gasteiger partial charge in [0.15, 0.2) is 0 Å². The molecule has 2 saturated heterocycles. The topological polar surface area (TPSA) is 118 Å². The van der Waals surface area contributed by atoms with Gasteiger partial charge in [-0.1, -0.05) is 0 Å². The molecule has 0 unspecified atom stereocenters. The largest absolute Gasteiger partial charge is 0.353 e. The van der Waals surface area contributed by atoms with Gasteiger partial charge in [-0.3, -0.25) is 14.9 Å². The van der Waals surface area contributed by atoms with Crippen molar-refractivity contribution >= 4 is 23.7 Å². The fourth-order valence-electron chi connectivity index (χ4n) is 2.93. The molecule has 3 rings (SSSR count). The van der Waals surface area contributed by atoms with Crippen LogP contribution in [0.2, 0.25) is 0 Å². The Morgan fingerprint density at radius 1 is 1.24 bits per heavy atom. The molecule has 0 aliphatic carbocycles. The molecule has 1 atom stereocenters. The summed E-state index contributed by atoms with van der Waals surface area (Å²) < 4.78 is 0. The second kappa shape index (κ2) is 7.17. The number of nitriles is 1. The van der Waals surface area contributed by atoms with Gasteiger partial charge < -0.3 is 15.1 Å². The number of nitrogens with zero attached hydrogens (tertiary/aromatic N) is 4. The second-order valence-electron chi connectivity index (χ2n) is 5.94. The number of nitrogens with one attached hydrogen (secondary N) is 2. The molecule has 2 aliphatic rings. The molecule has 9 nitrogen and oxygen atoms in total. The monoisotopic (exact) mass is 342 g/mol. The SMILES string of the molecule is N#Cc1ccc(N2CCN(C(=O)[C@H]3CCC(=O)NC(=O)N3)CC2)nc1. The molecule has 0 bridgehead atoms. The minimum atomic E-state index is -0.675. The van der Waals surface area contributed by atoms with Crippen LogP contribution in [0.15, 0.2) is 18.3 Å². The number of carbonyl (C=O) groups excluding carboxylic acids is 3. The highest BCUT2D eigenvalue weighted by Crippen LogP contribution is 2.15. The van der Waals surface area contributed by atoms with Crippen molar-refractivity contribution in [1.82, 2.24) is 20.5 Å². The molecule has 25 heavy (non-hydrogen) atoms. The lowest BCUT2D eigenvalue weighted by Gasteiger charge is -2.36. The Bertz CT molecular complexity index is 718. The predicted octanol–water partition coefficient (Wildman–Crippen LogP) is -0.410. The average Bonchev–Trinajstić information content (AvgIpc) is 2.81. The first-order valence-electron chi connectivity index (χ1n) is 8.07. The van der Waals surface area contributed by atoms with Crippen LogP contribution in [-0.4, -0.2) is 60.0 Å². The van der Waals surface area contributed by atoms with Crippen molar-refractivity contribution in [1.29, 1.82) is 5.26 Å². The van der Waals surface area contributed by atoms with Crippen molar-refractivity contribution in [3.63, 3.8) is 0 Å². The lowest BCUT2D eigenvalue weighted by molar-refractivity contribution is -0.133. The fourth-order valence-corrected chi connectivity index (χ4v) is 2.93. The van der Waals surface area contributed by atoms with Crippen molar-refractivity contribution in [3.05, 3.63) is 23.9 Å². The summed E-state index contributed by atoms with van der Waals surface area (Å²) in [6, 6.07) is 4.23. The Morgan fingerprint density at radius 3 is 2.64 bits per heavy atom. The van der Waals surface area contributed by atoms with E-state index in [4.69, 9.17) is 5.26 Å². The number of urea groups is 1. The standard InChI is InChI=1S/C16H18N6O3/c17-9-11-1-3-13(18-10-11)21-5-7-22(8-6-21)15(24)12-2-4-14(23)20-16(25)19-12/h1,3,10,12H,2,4-8H2,(H2,19,20,23,25)/t12-/m1/s1. The number of anilines is 1. The Balaban J connectivity index is 1.57. The van der Waals surface area contributed by atoms with Crippen LogP contribution in [0.4, 0.5) is 10.6 Å². The first-order chi connectivity index (χ1) is 12.1. The number of imide groups is 1. The third-order valence-corrected chi connectivity index (χ3v) is 4.31. The molecule has 1 aromatic rings. The third-order valence-electron chi connectivity index (χ3n) is 4.31. The molecule has 3 heterocycles. The van der Waals surface area contributed by atoms with E-state index in [0.29, 0.717) is 38.2 Å². The van der Waals surface area contributed by atoms with Gasteiger partial charge in [-0.05, 0) is 18.6 Å². The lowest BCUT2D eigenvalue weighted by Crippen LogP contribution is -2.55. The van der Waals surface area contributed by atoms with E-state index in [2.05, 4.69) is 15.6 Å². The molecule has 130 valence electrons. The van der Waals surface area contributed by atoms with Gasteiger partial charge in [-0.15, -0.1) is 0 Å². The van der Waals surface area contributed by atoms with Crippen LogP contribution in [-0.2, 0) is 9.59 Å². The summed E-state index contributed by atoms with van der Waals surface area (Å²) in [6.07, 6.45) is 1.97. The Labute approximate surface area is 144 Å². The van der Waals surface area contributed by atoms with Crippen molar-refractivity contribution in [3.8, 4) is 6.07 Å². The molecule has 0 spiro atoms. The molecule has 2 aliphatic heterocycles. The average molecular weight is 342 g/mol. The maximum atomic E-state index is 12.6. The van der Waals surface area contributed by atoms with Gasteiger partial charge in [0, 0.05) is 38.8 Å². The molecule has 2 N–H and O–H groups in total. The quantitative estimate of drug-likeness (QED) is 0.754. The van der Waals surface area contributed by atoms with E-state index in [1.165, 1.54) is 6.20 Å². The Kier molecular flexibility index (Phi) is 4.79. The van der Waals surface area contributed by atoms with E-state index in [-0.39, 0.29) is 18.2 Å². The number of amides is 4. The summed E-state index contributed by atoms with van der Waals surface area (Å²) >= 11 is 0. The maximum Gasteiger partial charge on any atom is 0.322 e. The third kappa shape index (κ3) is 3.85. The van der Waals surface area contributed by atoms with Gasteiger partial charge in [0.2, 0.25) is 11.8 Å². The lowest BCUT2D eigenvalue weighted by atomic mass is 10.1. The van der Waals surface area contributed by atoms with E-state index in [1.54, 1.807) is 17.0 Å².